The molecule has 0 aliphatic carbocycles. The summed E-state index contributed by atoms with van der Waals surface area (Å²) in [5, 5.41) is 2.99. The van der Waals surface area contributed by atoms with Gasteiger partial charge >= 0.3 is 0 Å². The van der Waals surface area contributed by atoms with Crippen LogP contribution in [0.3, 0.4) is 0 Å². The smallest absolute Gasteiger partial charge is 0.271 e. The normalized spacial score (nSPS) is 14.8. The van der Waals surface area contributed by atoms with Crippen LogP contribution in [-0.4, -0.2) is 22.2 Å². The molecule has 0 fully saturated rings. The summed E-state index contributed by atoms with van der Waals surface area (Å²) in [5.41, 5.74) is 6.39. The van der Waals surface area contributed by atoms with Gasteiger partial charge in [0.15, 0.2) is 4.80 Å². The Bertz CT molecular complexity index is 2060. The maximum atomic E-state index is 14.2. The van der Waals surface area contributed by atoms with E-state index < -0.39 is 6.04 Å². The van der Waals surface area contributed by atoms with Crippen molar-refractivity contribution < 1.29 is 9.53 Å². The molecule has 0 saturated heterocycles. The summed E-state index contributed by atoms with van der Waals surface area (Å²) in [4.78, 5) is 33.3. The second-order valence-electron chi connectivity index (χ2n) is 10.3. The Labute approximate surface area is 266 Å². The largest absolute Gasteiger partial charge is 0.497 e. The molecule has 3 aromatic carbocycles. The van der Waals surface area contributed by atoms with Crippen LogP contribution in [0.25, 0.3) is 11.8 Å². The highest BCUT2D eigenvalue weighted by molar-refractivity contribution is 14.1. The zero-order valence-electron chi connectivity index (χ0n) is 24.1. The van der Waals surface area contributed by atoms with E-state index in [4.69, 9.17) is 9.73 Å². The topological polar surface area (TPSA) is 77.6 Å². The Kier molecular flexibility index (Phi) is 7.93. The van der Waals surface area contributed by atoms with Crippen molar-refractivity contribution in [3.8, 4) is 11.4 Å². The van der Waals surface area contributed by atoms with E-state index >= 15 is 0 Å². The molecular weight excluding hydrogens is 671 g/mol. The third-order valence-electron chi connectivity index (χ3n) is 7.57. The van der Waals surface area contributed by atoms with Crippen molar-refractivity contribution in [2.24, 2.45) is 4.99 Å². The van der Waals surface area contributed by atoms with Gasteiger partial charge in [0.1, 0.15) is 5.75 Å². The number of nitrogens with zero attached hydrogens (tertiary/aromatic N) is 3. The fraction of sp³-hybridized carbons (Fsp3) is 0.147. The van der Waals surface area contributed by atoms with Crippen LogP contribution in [0.2, 0.25) is 0 Å². The maximum Gasteiger partial charge on any atom is 0.271 e. The lowest BCUT2D eigenvalue weighted by Gasteiger charge is -2.25. The first-order chi connectivity index (χ1) is 20.7. The Balaban J connectivity index is 1.49. The molecular formula is C34H29IN4O3S. The number of aromatic nitrogens is 2. The lowest BCUT2D eigenvalue weighted by atomic mass is 9.95. The number of carbonyl (C=O) groups is 1. The Morgan fingerprint density at radius 3 is 2.37 bits per heavy atom. The molecule has 0 unspecified atom stereocenters. The van der Waals surface area contributed by atoms with Gasteiger partial charge in [-0.05, 0) is 115 Å². The summed E-state index contributed by atoms with van der Waals surface area (Å²) in [7, 11) is 1.61. The number of benzene rings is 3. The standard InChI is InChI=1S/C34H29IN4O3S/c1-20-18-24(22(3)38(20)27-14-12-25(35)13-15-27)19-29-33(41)39-31(23-10-16-28(42-4)17-11-23)30(21(2)36-34(39)43-29)32(40)37-26-8-6-5-7-9-26/h5-19,31H,1-4H3,(H,37,40)/b29-19+/t31-/m0/s1. The van der Waals surface area contributed by atoms with Crippen molar-refractivity contribution in [3.05, 3.63) is 142 Å². The van der Waals surface area contributed by atoms with E-state index in [2.05, 4.69) is 76.7 Å². The van der Waals surface area contributed by atoms with Crippen molar-refractivity contribution in [2.75, 3.05) is 12.4 Å². The summed E-state index contributed by atoms with van der Waals surface area (Å²) in [6, 6.07) is 26.5. The number of ether oxygens (including phenoxy) is 1. The van der Waals surface area contributed by atoms with E-state index in [1.54, 1.807) is 11.7 Å². The molecule has 7 nitrogen and oxygen atoms in total. The number of carbonyl (C=O) groups excluding carboxylic acids is 1. The molecule has 1 amide bonds. The van der Waals surface area contributed by atoms with Gasteiger partial charge in [-0.25, -0.2) is 4.99 Å². The molecule has 0 radical (unpaired) electrons. The zero-order valence-corrected chi connectivity index (χ0v) is 27.1. The average molecular weight is 701 g/mol. The fourth-order valence-electron chi connectivity index (χ4n) is 5.50. The number of hydrogen-bond donors (Lipinski definition) is 1. The number of nitrogens with one attached hydrogen (secondary N) is 1. The van der Waals surface area contributed by atoms with Gasteiger partial charge in [-0.2, -0.15) is 0 Å². The number of hydrogen-bond acceptors (Lipinski definition) is 5. The van der Waals surface area contributed by atoms with E-state index in [1.807, 2.05) is 67.6 Å². The first kappa shape index (κ1) is 28.9. The Morgan fingerprint density at radius 1 is 1.00 bits per heavy atom. The number of allylic oxidation sites excluding steroid dienone is 1. The number of thiazole rings is 1. The zero-order chi connectivity index (χ0) is 30.2. The minimum Gasteiger partial charge on any atom is -0.497 e. The van der Waals surface area contributed by atoms with Gasteiger partial charge in [-0.15, -0.1) is 0 Å². The van der Waals surface area contributed by atoms with Crippen molar-refractivity contribution in [2.45, 2.75) is 26.8 Å². The van der Waals surface area contributed by atoms with Crippen LogP contribution < -0.4 is 24.9 Å². The predicted octanol–water partition coefficient (Wildman–Crippen LogP) is 5.89. The van der Waals surface area contributed by atoms with Crippen molar-refractivity contribution in [1.29, 1.82) is 0 Å². The van der Waals surface area contributed by atoms with Gasteiger partial charge in [0.25, 0.3) is 11.5 Å². The molecule has 43 heavy (non-hydrogen) atoms. The summed E-state index contributed by atoms with van der Waals surface area (Å²) >= 11 is 3.63. The van der Waals surface area contributed by atoms with Crippen molar-refractivity contribution >= 4 is 51.6 Å². The number of aryl methyl sites for hydroxylation is 1. The molecule has 0 bridgehead atoms. The molecule has 216 valence electrons. The van der Waals surface area contributed by atoms with E-state index in [0.29, 0.717) is 32.0 Å². The van der Waals surface area contributed by atoms with E-state index in [0.717, 1.165) is 28.2 Å². The minimum absolute atomic E-state index is 0.193. The molecule has 2 aromatic heterocycles. The third kappa shape index (κ3) is 5.50. The lowest BCUT2D eigenvalue weighted by Crippen LogP contribution is -2.40. The second-order valence-corrected chi connectivity index (χ2v) is 12.6. The average Bonchev–Trinajstić information content (AvgIpc) is 3.46. The second kappa shape index (κ2) is 11.8. The molecule has 3 heterocycles. The van der Waals surface area contributed by atoms with Crippen LogP contribution in [0.4, 0.5) is 5.69 Å². The van der Waals surface area contributed by atoms with Gasteiger partial charge in [-0.1, -0.05) is 41.7 Å². The molecule has 1 N–H and O–H groups in total. The number of halogens is 1. The monoisotopic (exact) mass is 700 g/mol. The molecule has 0 spiro atoms. The minimum atomic E-state index is -0.660. The van der Waals surface area contributed by atoms with Gasteiger partial charge < -0.3 is 14.6 Å². The highest BCUT2D eigenvalue weighted by Gasteiger charge is 2.32. The lowest BCUT2D eigenvalue weighted by molar-refractivity contribution is -0.113. The molecule has 1 aliphatic rings. The third-order valence-corrected chi connectivity index (χ3v) is 9.27. The van der Waals surface area contributed by atoms with Crippen LogP contribution >= 0.6 is 33.9 Å². The maximum absolute atomic E-state index is 14.2. The molecule has 1 aliphatic heterocycles. The highest BCUT2D eigenvalue weighted by atomic mass is 127. The SMILES string of the molecule is COc1ccc([C@H]2C(C(=O)Nc3ccccc3)=C(C)N=c3s/c(=C/c4cc(C)n(-c5ccc(I)cc5)c4C)c(=O)n32)cc1. The number of rotatable bonds is 6. The van der Waals surface area contributed by atoms with Gasteiger partial charge in [-0.3, -0.25) is 14.2 Å². The molecule has 6 rings (SSSR count). The summed E-state index contributed by atoms with van der Waals surface area (Å²) in [6.45, 7) is 5.95. The quantitative estimate of drug-likeness (QED) is 0.225. The van der Waals surface area contributed by atoms with Gasteiger partial charge in [0.2, 0.25) is 0 Å². The van der Waals surface area contributed by atoms with Crippen molar-refractivity contribution in [1.82, 2.24) is 9.13 Å². The molecule has 5 aromatic rings. The summed E-state index contributed by atoms with van der Waals surface area (Å²) in [5.74, 6) is 0.388. The number of methoxy groups -OCH3 is 1. The fourth-order valence-corrected chi connectivity index (χ4v) is 6.89. The van der Waals surface area contributed by atoms with Crippen LogP contribution in [0.1, 0.15) is 35.5 Å². The van der Waals surface area contributed by atoms with Crippen LogP contribution in [-0.2, 0) is 4.79 Å². The van der Waals surface area contributed by atoms with E-state index in [9.17, 15) is 9.59 Å². The Morgan fingerprint density at radius 2 is 1.70 bits per heavy atom. The highest BCUT2D eigenvalue weighted by Crippen LogP contribution is 2.32. The number of para-hydroxylation sites is 1. The molecule has 9 heteroatoms. The Hall–Kier alpha value is -4.22. The van der Waals surface area contributed by atoms with E-state index in [-0.39, 0.29) is 11.5 Å². The van der Waals surface area contributed by atoms with Crippen LogP contribution in [0.5, 0.6) is 5.75 Å². The number of fused-ring (bicyclic) bond motifs is 1. The van der Waals surface area contributed by atoms with Gasteiger partial charge in [0, 0.05) is 26.3 Å². The summed E-state index contributed by atoms with van der Waals surface area (Å²) in [6.07, 6.45) is 1.93. The molecule has 1 atom stereocenters. The van der Waals surface area contributed by atoms with Crippen LogP contribution in [0, 0.1) is 17.4 Å². The predicted molar refractivity (Wildman–Crippen MR) is 180 cm³/mol. The van der Waals surface area contributed by atoms with Gasteiger partial charge in [0.05, 0.1) is 29.0 Å². The van der Waals surface area contributed by atoms with Crippen molar-refractivity contribution in [3.63, 3.8) is 0 Å². The van der Waals surface area contributed by atoms with E-state index in [1.165, 1.54) is 14.9 Å². The first-order valence-electron chi connectivity index (χ1n) is 13.7. The van der Waals surface area contributed by atoms with Crippen LogP contribution in [0.15, 0.2) is 106 Å². The summed E-state index contributed by atoms with van der Waals surface area (Å²) < 4.78 is 10.9. The molecule has 0 saturated carbocycles. The first-order valence-corrected chi connectivity index (χ1v) is 15.6. The number of amides is 1. The number of anilines is 1.